The van der Waals surface area contributed by atoms with Gasteiger partial charge in [-0.1, -0.05) is 350 Å². The van der Waals surface area contributed by atoms with Crippen molar-refractivity contribution in [2.45, 2.75) is 420 Å². The van der Waals surface area contributed by atoms with Gasteiger partial charge in [-0.05, 0) is 43.4 Å². The van der Waals surface area contributed by atoms with E-state index in [1.165, 1.54) is 212 Å². The van der Waals surface area contributed by atoms with Gasteiger partial charge in [0.05, 0.1) is 26.4 Å². The molecule has 0 aliphatic carbocycles. The Labute approximate surface area is 594 Å². The number of rotatable bonds is 76. The summed E-state index contributed by atoms with van der Waals surface area (Å²) in [4.78, 5) is 72.9. The van der Waals surface area contributed by atoms with Crippen molar-refractivity contribution in [3.8, 4) is 0 Å². The van der Waals surface area contributed by atoms with Crippen molar-refractivity contribution >= 4 is 39.5 Å². The van der Waals surface area contributed by atoms with Crippen LogP contribution in [0.15, 0.2) is 0 Å². The van der Waals surface area contributed by atoms with Crippen molar-refractivity contribution in [1.82, 2.24) is 0 Å². The van der Waals surface area contributed by atoms with E-state index in [4.69, 9.17) is 37.0 Å². The summed E-state index contributed by atoms with van der Waals surface area (Å²) >= 11 is 0. The van der Waals surface area contributed by atoms with Crippen LogP contribution in [0, 0.1) is 17.8 Å². The molecule has 0 aromatic rings. The lowest BCUT2D eigenvalue weighted by Gasteiger charge is -2.21. The number of hydrogen-bond donors (Lipinski definition) is 3. The summed E-state index contributed by atoms with van der Waals surface area (Å²) in [5.74, 6) is 0.172. The topological polar surface area (TPSA) is 237 Å². The fourth-order valence-corrected chi connectivity index (χ4v) is 13.5. The molecule has 0 fully saturated rings. The minimum absolute atomic E-state index is 0.105. The molecule has 0 spiro atoms. The number of carbonyl (C=O) groups excluding carboxylic acids is 4. The quantitative estimate of drug-likeness (QED) is 0.0222. The number of aliphatic hydroxyl groups is 1. The molecule has 0 heterocycles. The first-order valence-electron chi connectivity index (χ1n) is 40.4. The summed E-state index contributed by atoms with van der Waals surface area (Å²) in [6.07, 6.45) is 55.5. The van der Waals surface area contributed by atoms with E-state index in [1.54, 1.807) is 0 Å². The van der Waals surface area contributed by atoms with Crippen LogP contribution in [0.2, 0.25) is 0 Å². The largest absolute Gasteiger partial charge is 0.472 e. The minimum Gasteiger partial charge on any atom is -0.462 e. The molecule has 0 aromatic carbocycles. The summed E-state index contributed by atoms with van der Waals surface area (Å²) in [6.45, 7) is 11.9. The van der Waals surface area contributed by atoms with E-state index in [0.29, 0.717) is 25.7 Å². The molecule has 97 heavy (non-hydrogen) atoms. The third kappa shape index (κ3) is 70.9. The molecule has 0 aliphatic heterocycles. The molecule has 3 unspecified atom stereocenters. The molecule has 3 N–H and O–H groups in total. The first-order valence-corrected chi connectivity index (χ1v) is 43.4. The van der Waals surface area contributed by atoms with Gasteiger partial charge in [-0.3, -0.25) is 37.3 Å². The van der Waals surface area contributed by atoms with Gasteiger partial charge in [0.15, 0.2) is 12.2 Å². The maximum absolute atomic E-state index is 13.1. The molecule has 0 saturated carbocycles. The number of unbranched alkanes of at least 4 members (excludes halogenated alkanes) is 43. The number of esters is 4. The Morgan fingerprint density at radius 3 is 0.784 bits per heavy atom. The van der Waals surface area contributed by atoms with E-state index in [-0.39, 0.29) is 25.7 Å². The molecular formula is C78H152O17P2. The average molecular weight is 1420 g/mol. The zero-order chi connectivity index (χ0) is 71.6. The molecule has 0 radical (unpaired) electrons. The molecule has 6 atom stereocenters. The van der Waals surface area contributed by atoms with Crippen molar-refractivity contribution in [2.75, 3.05) is 39.6 Å². The highest BCUT2D eigenvalue weighted by molar-refractivity contribution is 7.47. The van der Waals surface area contributed by atoms with Crippen LogP contribution in [0.4, 0.5) is 0 Å². The predicted molar refractivity (Wildman–Crippen MR) is 395 cm³/mol. The highest BCUT2D eigenvalue weighted by Crippen LogP contribution is 2.45. The third-order valence-electron chi connectivity index (χ3n) is 18.5. The summed E-state index contributed by atoms with van der Waals surface area (Å²) in [5, 5.41) is 10.6. The van der Waals surface area contributed by atoms with Crippen LogP contribution in [0.25, 0.3) is 0 Å². The maximum Gasteiger partial charge on any atom is 0.472 e. The van der Waals surface area contributed by atoms with E-state index in [1.807, 2.05) is 0 Å². The van der Waals surface area contributed by atoms with Crippen LogP contribution in [-0.4, -0.2) is 96.7 Å². The summed E-state index contributed by atoms with van der Waals surface area (Å²) < 4.78 is 68.6. The lowest BCUT2D eigenvalue weighted by Crippen LogP contribution is -2.30. The van der Waals surface area contributed by atoms with Crippen LogP contribution in [0.1, 0.15) is 402 Å². The van der Waals surface area contributed by atoms with Gasteiger partial charge in [0.2, 0.25) is 0 Å². The van der Waals surface area contributed by atoms with Crippen LogP contribution in [0.3, 0.4) is 0 Å². The SMILES string of the molecule is CCCCCCCCCCCCCCCCCCCCCC(=O)O[C@H](COC(=O)CCCCCCCCCCCCC(C)CC)COP(=O)(O)OC[C@@H](O)COP(=O)(O)OC[C@@H](COC(=O)CCCCCCCCCCC(C)C)OC(=O)CCCCCCCCCCCCC(C)C. The third-order valence-corrected chi connectivity index (χ3v) is 20.4. The monoisotopic (exact) mass is 1420 g/mol. The Morgan fingerprint density at radius 2 is 0.526 bits per heavy atom. The van der Waals surface area contributed by atoms with Crippen LogP contribution >= 0.6 is 15.6 Å². The molecule has 17 nitrogen and oxygen atoms in total. The van der Waals surface area contributed by atoms with E-state index in [2.05, 4.69) is 48.5 Å². The fraction of sp³-hybridized carbons (Fsp3) is 0.949. The molecule has 0 aromatic heterocycles. The van der Waals surface area contributed by atoms with Gasteiger partial charge in [0, 0.05) is 25.7 Å². The van der Waals surface area contributed by atoms with Crippen molar-refractivity contribution in [3.63, 3.8) is 0 Å². The number of phosphoric acid groups is 2. The standard InChI is InChI=1S/C78H152O17P2/c1-8-10-11-12-13-14-15-16-17-18-19-20-21-22-23-31-40-47-54-61-77(82)94-73(65-88-75(80)59-52-45-38-30-27-25-29-37-44-51-58-71(7)9-2)67-92-96(84,85)90-63-72(79)64-91-97(86,87)93-68-74(66-89-76(81)60-53-46-39-34-33-36-43-50-57-70(5)6)95-78(83)62-55-48-41-32-26-24-28-35-42-49-56-69(3)4/h69-74,79H,8-68H2,1-7H3,(H,84,85)(H,86,87)/t71?,72-,73-,74-/m1/s1. The van der Waals surface area contributed by atoms with Crippen molar-refractivity contribution < 1.29 is 80.2 Å². The Balaban J connectivity index is 5.25. The molecule has 0 rings (SSSR count). The molecule has 19 heteroatoms. The highest BCUT2D eigenvalue weighted by atomic mass is 31.2. The van der Waals surface area contributed by atoms with Gasteiger partial charge in [-0.25, -0.2) is 9.13 Å². The fourth-order valence-electron chi connectivity index (χ4n) is 11.9. The molecule has 576 valence electrons. The summed E-state index contributed by atoms with van der Waals surface area (Å²) in [6, 6.07) is 0. The second-order valence-corrected chi connectivity index (χ2v) is 32.2. The van der Waals surface area contributed by atoms with Gasteiger partial charge in [0.25, 0.3) is 0 Å². The Kier molecular flexibility index (Phi) is 67.1. The molecule has 0 bridgehead atoms. The van der Waals surface area contributed by atoms with Gasteiger partial charge >= 0.3 is 39.5 Å². The number of ether oxygens (including phenoxy) is 4. The van der Waals surface area contributed by atoms with Crippen molar-refractivity contribution in [2.24, 2.45) is 17.8 Å². The Hall–Kier alpha value is -1.94. The maximum atomic E-state index is 13.1. The first kappa shape index (κ1) is 95.1. The van der Waals surface area contributed by atoms with Crippen molar-refractivity contribution in [1.29, 1.82) is 0 Å². The smallest absolute Gasteiger partial charge is 0.462 e. The molecule has 0 amide bonds. The zero-order valence-corrected chi connectivity index (χ0v) is 65.3. The second-order valence-electron chi connectivity index (χ2n) is 29.3. The van der Waals surface area contributed by atoms with E-state index in [9.17, 15) is 43.2 Å². The van der Waals surface area contributed by atoms with E-state index in [0.717, 1.165) is 108 Å². The lowest BCUT2D eigenvalue weighted by molar-refractivity contribution is -0.161. The van der Waals surface area contributed by atoms with Gasteiger partial charge in [-0.15, -0.1) is 0 Å². The first-order chi connectivity index (χ1) is 46.8. The lowest BCUT2D eigenvalue weighted by atomic mass is 9.99. The van der Waals surface area contributed by atoms with Crippen LogP contribution in [0.5, 0.6) is 0 Å². The average Bonchev–Trinajstić information content (AvgIpc) is 1.09. The number of aliphatic hydroxyl groups excluding tert-OH is 1. The van der Waals surface area contributed by atoms with E-state index >= 15 is 0 Å². The molecule has 0 saturated heterocycles. The van der Waals surface area contributed by atoms with Crippen LogP contribution in [-0.2, 0) is 65.4 Å². The Bertz CT molecular complexity index is 1890. The van der Waals surface area contributed by atoms with Gasteiger partial charge < -0.3 is 33.8 Å². The number of carbonyl (C=O) groups is 4. The number of phosphoric ester groups is 2. The van der Waals surface area contributed by atoms with Gasteiger partial charge in [0.1, 0.15) is 19.3 Å². The van der Waals surface area contributed by atoms with Crippen molar-refractivity contribution in [3.05, 3.63) is 0 Å². The normalized spacial score (nSPS) is 14.3. The highest BCUT2D eigenvalue weighted by Gasteiger charge is 2.30. The van der Waals surface area contributed by atoms with Gasteiger partial charge in [-0.2, -0.15) is 0 Å². The number of hydrogen-bond acceptors (Lipinski definition) is 15. The summed E-state index contributed by atoms with van der Waals surface area (Å²) in [7, 11) is -9.92. The minimum atomic E-state index is -4.96. The second kappa shape index (κ2) is 68.5. The molecular weight excluding hydrogens is 1270 g/mol. The Morgan fingerprint density at radius 1 is 0.299 bits per heavy atom. The van der Waals surface area contributed by atoms with E-state index < -0.39 is 97.5 Å². The van der Waals surface area contributed by atoms with Crippen LogP contribution < -0.4 is 0 Å². The summed E-state index contributed by atoms with van der Waals surface area (Å²) in [5.41, 5.74) is 0. The molecule has 0 aliphatic rings. The zero-order valence-electron chi connectivity index (χ0n) is 63.5. The predicted octanol–water partition coefficient (Wildman–Crippen LogP) is 23.0.